The normalized spacial score (nSPS) is 14.5. The van der Waals surface area contributed by atoms with Gasteiger partial charge in [-0.3, -0.25) is 18.5 Å². The Bertz CT molecular complexity index is 2360. The molecule has 4 rings (SSSR count). The number of aliphatic imine (C=N–C) groups is 1. The van der Waals surface area contributed by atoms with Crippen LogP contribution in [0.5, 0.6) is 0 Å². The zero-order valence-electron chi connectivity index (χ0n) is 54.6. The number of aromatic nitrogens is 3. The van der Waals surface area contributed by atoms with Gasteiger partial charge in [0.2, 0.25) is 5.90 Å². The van der Waals surface area contributed by atoms with Gasteiger partial charge in [0, 0.05) is 39.7 Å². The summed E-state index contributed by atoms with van der Waals surface area (Å²) < 4.78 is 21.0. The Morgan fingerprint density at radius 1 is 0.544 bits per heavy atom. The number of anilines is 1. The molecule has 1 radical (unpaired) electrons. The fourth-order valence-corrected chi connectivity index (χ4v) is 22.7. The number of nitrogens with zero attached hydrogens (tertiary/aromatic N) is 8. The average Bonchev–Trinajstić information content (AvgIpc) is 3.63. The van der Waals surface area contributed by atoms with Crippen molar-refractivity contribution in [2.75, 3.05) is 24.8 Å². The molecule has 3 aromatic rings. The van der Waals surface area contributed by atoms with Crippen molar-refractivity contribution >= 4 is 57.6 Å². The molecule has 1 aliphatic rings. The molecule has 4 heterocycles. The van der Waals surface area contributed by atoms with Crippen LogP contribution in [0.25, 0.3) is 0 Å². The molecule has 0 bridgehead atoms. The van der Waals surface area contributed by atoms with Gasteiger partial charge in [0.05, 0.1) is 62.9 Å². The Labute approximate surface area is 527 Å². The van der Waals surface area contributed by atoms with Crippen LogP contribution in [0.3, 0.4) is 0 Å². The van der Waals surface area contributed by atoms with Gasteiger partial charge < -0.3 is 51.3 Å². The van der Waals surface area contributed by atoms with E-state index in [1.807, 2.05) is 30.3 Å². The van der Waals surface area contributed by atoms with Gasteiger partial charge in [0.1, 0.15) is 6.61 Å². The third-order valence-corrected chi connectivity index (χ3v) is 24.8. The molecule has 3 aromatic heterocycles. The number of nitrogens with one attached hydrogen (secondary N) is 1. The van der Waals surface area contributed by atoms with Gasteiger partial charge in [-0.15, -0.1) is 0 Å². The first-order chi connectivity index (χ1) is 33.9. The van der Waals surface area contributed by atoms with Gasteiger partial charge in [-0.25, -0.2) is 9.76 Å². The predicted molar refractivity (Wildman–Crippen MR) is 348 cm³/mol. The van der Waals surface area contributed by atoms with E-state index >= 15 is 0 Å². The first-order valence-electron chi connectivity index (χ1n) is 26.6. The van der Waals surface area contributed by atoms with Gasteiger partial charge in [-0.2, -0.15) is 0 Å². The molecule has 12 nitrogen and oxygen atoms in total. The number of ether oxygens (including phenoxy) is 1. The number of hydrogen-bond acceptors (Lipinski definition) is 9. The second kappa shape index (κ2) is 36.1. The summed E-state index contributed by atoms with van der Waals surface area (Å²) in [6.07, 6.45) is 0. The SMILES string of the molecule is CC(C)(C)[PH+](N=c1cccc(N[PH+](C(C)(C)C)C(C)(C)C)[n-]1)C(C)(C)C.CC1(C)COC(c2cccc(=N[PH+](C(C)(C)C)C(C)(C)C)[n-]2)=N1.CCN(CC)Cc1cccc(=N[PH+](C(C)(C)C)C(C)(C)C)[n-]1.[CH-]=O.[CH-]=O.[CH3-].[RuH+2].[RuH+2].[RuH+3]. The average molecular weight is 1440 g/mol. The molecule has 0 amide bonds. The summed E-state index contributed by atoms with van der Waals surface area (Å²) in [4.78, 5) is 36.8. The van der Waals surface area contributed by atoms with E-state index in [1.165, 1.54) is 0 Å². The summed E-state index contributed by atoms with van der Waals surface area (Å²) >= 11 is 0. The Morgan fingerprint density at radius 3 is 1.19 bits per heavy atom. The summed E-state index contributed by atoms with van der Waals surface area (Å²) in [7, 11) is -3.80. The van der Waals surface area contributed by atoms with Gasteiger partial charge in [0.25, 0.3) is 0 Å². The van der Waals surface area contributed by atoms with Gasteiger partial charge in [-0.05, 0) is 216 Å². The van der Waals surface area contributed by atoms with Crippen LogP contribution in [0.15, 0.2) is 73.9 Å². The zero-order valence-corrected chi connectivity index (χ0v) is 64.2. The summed E-state index contributed by atoms with van der Waals surface area (Å²) in [5, 5.41) is 5.44. The summed E-state index contributed by atoms with van der Waals surface area (Å²) in [5.74, 6) is 1.60. The third kappa shape index (κ3) is 32.2. The molecule has 19 heteroatoms. The minimum absolute atomic E-state index is 0. The van der Waals surface area contributed by atoms with Gasteiger partial charge in [-0.1, -0.05) is 62.0 Å². The number of carbonyl (C=O) groups excluding carboxylic acids is 2. The monoisotopic (exact) mass is 1440 g/mol. The Balaban J connectivity index is -0.000000328. The first-order valence-corrected chi connectivity index (χ1v) is 32.5. The van der Waals surface area contributed by atoms with E-state index in [4.69, 9.17) is 43.6 Å². The molecule has 0 saturated heterocycles. The van der Waals surface area contributed by atoms with Crippen LogP contribution in [-0.4, -0.2) is 90.9 Å². The Morgan fingerprint density at radius 2 is 0.873 bits per heavy atom. The molecule has 79 heavy (non-hydrogen) atoms. The molecule has 0 fully saturated rings. The van der Waals surface area contributed by atoms with Crippen molar-refractivity contribution in [3.05, 3.63) is 89.9 Å². The number of hydrogen-bond donors (Lipinski definition) is 1. The molecule has 0 aliphatic carbocycles. The van der Waals surface area contributed by atoms with Crippen molar-refractivity contribution in [3.8, 4) is 0 Å². The van der Waals surface area contributed by atoms with Crippen LogP contribution in [0.2, 0.25) is 0 Å². The fourth-order valence-electron chi connectivity index (χ4n) is 9.52. The quantitative estimate of drug-likeness (QED) is 0.0912. The standard InChI is InChI=1S/C21H40N3P2.C18H29N3OP.C18H33N3P.2CHO.CH3.3Ru.3H/c1-18(2,3)25(19(4,5)6)23-16-14-13-15-17(22-16)24-26(20(7,8)9)21(10,11)12;1-16(2,3)23(17(4,5)6)21-14-11-9-10-13(19-14)15-20-18(7,8)12-22-15;1-9-21(10-2)14-15-12-11-13-16(19-15)20-22(17(3,4)5)18(6,7)8;2*1-2;;;;;;;/h13-15H,1-12H3,(H-,22,23,24);9-11H,12H2,1-8H3;11-13H,9-10,14H2,1-8H3;2*1H;1H3;;;;;;/q6*-1;2*+2;+3;;;/p+4. The maximum absolute atomic E-state index is 7.75. The van der Waals surface area contributed by atoms with E-state index in [9.17, 15) is 0 Å². The summed E-state index contributed by atoms with van der Waals surface area (Å²) in [5.41, 5.74) is 4.30. The van der Waals surface area contributed by atoms with Crippen LogP contribution in [-0.2, 0) is 79.3 Å². The van der Waals surface area contributed by atoms with E-state index in [0.717, 1.165) is 53.3 Å². The maximum atomic E-state index is 7.75. The molecule has 1 N–H and O–H groups in total. The third-order valence-electron chi connectivity index (χ3n) is 11.4. The molecular weight excluding hydrogens is 1320 g/mol. The van der Waals surface area contributed by atoms with Crippen molar-refractivity contribution in [3.63, 3.8) is 0 Å². The van der Waals surface area contributed by atoms with Gasteiger partial charge >= 0.3 is 58.4 Å². The fraction of sp³-hybridized carbons (Fsp3) is 0.683. The van der Waals surface area contributed by atoms with Crippen LogP contribution in [0.4, 0.5) is 5.82 Å². The Kier molecular flexibility index (Phi) is 39.7. The second-order valence-electron chi connectivity index (χ2n) is 28.1. The van der Waals surface area contributed by atoms with Crippen LogP contribution in [0.1, 0.15) is 205 Å². The number of pyridine rings is 3. The van der Waals surface area contributed by atoms with Crippen LogP contribution in [0, 0.1) is 7.43 Å². The molecule has 456 valence electrons. The van der Waals surface area contributed by atoms with Crippen LogP contribution >= 0.6 is 32.3 Å². The second-order valence-corrected chi connectivity index (χ2v) is 43.9. The molecular formula is C60H114N9O3P4Ru3+5. The molecule has 0 spiro atoms. The molecule has 0 unspecified atom stereocenters. The molecule has 0 aromatic carbocycles. The van der Waals surface area contributed by atoms with Crippen molar-refractivity contribution in [1.29, 1.82) is 0 Å². The zero-order chi connectivity index (χ0) is 59.0. The molecule has 1 aliphatic heterocycles. The topological polar surface area (TPSA) is 150 Å². The summed E-state index contributed by atoms with van der Waals surface area (Å²) in [6, 6.07) is 18.4. The van der Waals surface area contributed by atoms with Crippen LogP contribution < -0.4 is 36.5 Å². The van der Waals surface area contributed by atoms with E-state index < -0.39 is 32.3 Å². The molecule has 0 saturated carbocycles. The van der Waals surface area contributed by atoms with Crippen molar-refractivity contribution < 1.29 is 72.8 Å². The van der Waals surface area contributed by atoms with E-state index in [2.05, 4.69) is 247 Å². The van der Waals surface area contributed by atoms with Gasteiger partial charge in [0.15, 0.2) is 0 Å². The van der Waals surface area contributed by atoms with Crippen molar-refractivity contribution in [1.82, 2.24) is 19.9 Å². The number of rotatable bonds is 10. The minimum atomic E-state index is -1.01. The van der Waals surface area contributed by atoms with Crippen molar-refractivity contribution in [2.24, 2.45) is 19.3 Å². The predicted octanol–water partition coefficient (Wildman–Crippen LogP) is 13.4. The Hall–Kier alpha value is -0.990. The van der Waals surface area contributed by atoms with E-state index in [1.54, 1.807) is 0 Å². The van der Waals surface area contributed by atoms with E-state index in [0.29, 0.717) is 12.5 Å². The van der Waals surface area contributed by atoms with E-state index in [-0.39, 0.29) is 113 Å². The first kappa shape index (κ1) is 86.8. The van der Waals surface area contributed by atoms with Crippen molar-refractivity contribution in [2.45, 2.75) is 247 Å². The summed E-state index contributed by atoms with van der Waals surface area (Å²) in [6.45, 7) is 73.8. The molecule has 0 atom stereocenters.